The minimum Gasteiger partial charge on any atom is -0.325 e. The quantitative estimate of drug-likeness (QED) is 0.526. The first-order chi connectivity index (χ1) is 12.8. The molecule has 3 aromatic rings. The number of carbonyl (C=O) groups excluding carboxylic acids is 1. The fraction of sp³-hybridized carbons (Fsp3) is 0.174. The van der Waals surface area contributed by atoms with Crippen molar-refractivity contribution in [2.24, 2.45) is 0 Å². The van der Waals surface area contributed by atoms with E-state index in [1.807, 2.05) is 54.6 Å². The molecular weight excluding hydrogens is 338 g/mol. The number of carbonyl (C=O) groups is 1. The van der Waals surface area contributed by atoms with E-state index in [4.69, 9.17) is 0 Å². The zero-order valence-corrected chi connectivity index (χ0v) is 15.7. The maximum atomic E-state index is 12.8. The molecule has 0 aliphatic heterocycles. The van der Waals surface area contributed by atoms with Gasteiger partial charge in [-0.2, -0.15) is 0 Å². The van der Waals surface area contributed by atoms with Gasteiger partial charge >= 0.3 is 0 Å². The van der Waals surface area contributed by atoms with Crippen LogP contribution in [0.5, 0.6) is 0 Å². The van der Waals surface area contributed by atoms with E-state index in [1.54, 1.807) is 11.8 Å². The molecule has 0 unspecified atom stereocenters. The third-order valence-electron chi connectivity index (χ3n) is 4.25. The molecule has 0 spiro atoms. The molecule has 1 amide bonds. The second-order valence-corrected chi connectivity index (χ2v) is 7.36. The van der Waals surface area contributed by atoms with E-state index < -0.39 is 0 Å². The van der Waals surface area contributed by atoms with Crippen molar-refractivity contribution in [3.05, 3.63) is 96.1 Å². The summed E-state index contributed by atoms with van der Waals surface area (Å²) in [6.45, 7) is 2.12. The van der Waals surface area contributed by atoms with Gasteiger partial charge in [0, 0.05) is 17.2 Å². The van der Waals surface area contributed by atoms with Gasteiger partial charge in [0.2, 0.25) is 5.91 Å². The van der Waals surface area contributed by atoms with Crippen LogP contribution in [0.3, 0.4) is 0 Å². The van der Waals surface area contributed by atoms with Crippen LogP contribution in [0.1, 0.15) is 30.4 Å². The molecule has 0 heterocycles. The number of nitrogens with one attached hydrogen (secondary N) is 1. The molecule has 0 saturated heterocycles. The molecule has 0 aliphatic carbocycles. The molecule has 0 fully saturated rings. The Morgan fingerprint density at radius 3 is 1.96 bits per heavy atom. The average molecular weight is 362 g/mol. The van der Waals surface area contributed by atoms with Crippen LogP contribution < -0.4 is 5.32 Å². The highest BCUT2D eigenvalue weighted by Gasteiger charge is 2.18. The zero-order valence-electron chi connectivity index (χ0n) is 14.9. The molecule has 26 heavy (non-hydrogen) atoms. The van der Waals surface area contributed by atoms with Crippen LogP contribution in [0.2, 0.25) is 0 Å². The fourth-order valence-corrected chi connectivity index (χ4v) is 3.80. The molecule has 0 saturated carbocycles. The first kappa shape index (κ1) is 18.3. The molecule has 3 rings (SSSR count). The predicted molar refractivity (Wildman–Crippen MR) is 111 cm³/mol. The summed E-state index contributed by atoms with van der Waals surface area (Å²) in [5.41, 5.74) is 3.21. The van der Waals surface area contributed by atoms with E-state index in [0.717, 1.165) is 27.5 Å². The minimum atomic E-state index is 0.0341. The zero-order chi connectivity index (χ0) is 18.2. The molecular formula is C23H23NOS. The van der Waals surface area contributed by atoms with Gasteiger partial charge < -0.3 is 5.32 Å². The summed E-state index contributed by atoms with van der Waals surface area (Å²) in [4.78, 5) is 13.9. The first-order valence-electron chi connectivity index (χ1n) is 8.89. The third kappa shape index (κ3) is 4.77. The van der Waals surface area contributed by atoms with Crippen LogP contribution in [0.15, 0.2) is 89.8 Å². The summed E-state index contributed by atoms with van der Waals surface area (Å²) in [6, 6.07) is 28.4. The number of anilines is 1. The Kier molecular flexibility index (Phi) is 6.50. The predicted octanol–water partition coefficient (Wildman–Crippen LogP) is 5.96. The van der Waals surface area contributed by atoms with Crippen molar-refractivity contribution in [1.29, 1.82) is 0 Å². The molecule has 132 valence electrons. The van der Waals surface area contributed by atoms with Crippen LogP contribution in [0, 0.1) is 0 Å². The summed E-state index contributed by atoms with van der Waals surface area (Å²) in [5.74, 6) is 1.05. The van der Waals surface area contributed by atoms with E-state index in [1.165, 1.54) is 0 Å². The van der Waals surface area contributed by atoms with Gasteiger partial charge in [0.15, 0.2) is 0 Å². The van der Waals surface area contributed by atoms with E-state index in [9.17, 15) is 4.79 Å². The molecule has 0 bridgehead atoms. The number of amides is 1. The van der Waals surface area contributed by atoms with Crippen LogP contribution in [-0.2, 0) is 4.79 Å². The summed E-state index contributed by atoms with van der Waals surface area (Å²) < 4.78 is 0. The Labute approximate surface area is 159 Å². The standard InChI is InChI=1S/C23H23NOS/c1-2-26-22-16-10-9-15-21(22)24-23(25)17-20(18-11-5-3-6-12-18)19-13-7-4-8-14-19/h3-16,20H,2,17H2,1H3,(H,24,25). The second-order valence-electron chi connectivity index (χ2n) is 6.06. The van der Waals surface area contributed by atoms with E-state index >= 15 is 0 Å². The number of para-hydroxylation sites is 1. The van der Waals surface area contributed by atoms with Gasteiger partial charge in [-0.25, -0.2) is 0 Å². The molecule has 0 aromatic heterocycles. The molecule has 0 radical (unpaired) electrons. The Balaban J connectivity index is 1.80. The van der Waals surface area contributed by atoms with Crippen LogP contribution in [0.4, 0.5) is 5.69 Å². The second kappa shape index (κ2) is 9.25. The van der Waals surface area contributed by atoms with Crippen LogP contribution >= 0.6 is 11.8 Å². The Morgan fingerprint density at radius 2 is 1.38 bits per heavy atom. The van der Waals surface area contributed by atoms with Gasteiger partial charge in [-0.05, 0) is 29.0 Å². The monoisotopic (exact) mass is 361 g/mol. The molecule has 0 aliphatic rings. The summed E-state index contributed by atoms with van der Waals surface area (Å²) >= 11 is 1.74. The van der Waals surface area contributed by atoms with Crippen molar-refractivity contribution >= 4 is 23.4 Å². The Morgan fingerprint density at radius 1 is 0.846 bits per heavy atom. The number of benzene rings is 3. The summed E-state index contributed by atoms with van der Waals surface area (Å²) in [6.07, 6.45) is 0.416. The van der Waals surface area contributed by atoms with E-state index in [-0.39, 0.29) is 11.8 Å². The van der Waals surface area contributed by atoms with Gasteiger partial charge in [0.25, 0.3) is 0 Å². The first-order valence-corrected chi connectivity index (χ1v) is 9.88. The number of hydrogen-bond donors (Lipinski definition) is 1. The highest BCUT2D eigenvalue weighted by Crippen LogP contribution is 2.30. The molecule has 1 N–H and O–H groups in total. The summed E-state index contributed by atoms with van der Waals surface area (Å²) in [7, 11) is 0. The third-order valence-corrected chi connectivity index (χ3v) is 5.21. The fourth-order valence-electron chi connectivity index (χ4n) is 3.04. The van der Waals surface area contributed by atoms with Crippen molar-refractivity contribution in [1.82, 2.24) is 0 Å². The highest BCUT2D eigenvalue weighted by molar-refractivity contribution is 7.99. The molecule has 0 atom stereocenters. The van der Waals surface area contributed by atoms with E-state index in [2.05, 4.69) is 42.6 Å². The Bertz CT molecular complexity index is 794. The van der Waals surface area contributed by atoms with Crippen molar-refractivity contribution in [3.8, 4) is 0 Å². The summed E-state index contributed by atoms with van der Waals surface area (Å²) in [5, 5.41) is 3.11. The normalized spacial score (nSPS) is 10.7. The number of rotatable bonds is 7. The number of hydrogen-bond acceptors (Lipinski definition) is 2. The molecule has 3 aromatic carbocycles. The van der Waals surface area contributed by atoms with Gasteiger partial charge in [-0.3, -0.25) is 4.79 Å². The van der Waals surface area contributed by atoms with Crippen molar-refractivity contribution in [2.45, 2.75) is 24.2 Å². The molecule has 3 heteroatoms. The van der Waals surface area contributed by atoms with Crippen LogP contribution in [0.25, 0.3) is 0 Å². The lowest BCUT2D eigenvalue weighted by molar-refractivity contribution is -0.116. The lowest BCUT2D eigenvalue weighted by atomic mass is 9.88. The average Bonchev–Trinajstić information content (AvgIpc) is 2.69. The van der Waals surface area contributed by atoms with Gasteiger partial charge in [0.1, 0.15) is 0 Å². The topological polar surface area (TPSA) is 29.1 Å². The van der Waals surface area contributed by atoms with Gasteiger partial charge in [-0.15, -0.1) is 11.8 Å². The SMILES string of the molecule is CCSc1ccccc1NC(=O)CC(c1ccccc1)c1ccccc1. The smallest absolute Gasteiger partial charge is 0.225 e. The highest BCUT2D eigenvalue weighted by atomic mass is 32.2. The maximum absolute atomic E-state index is 12.8. The number of thioether (sulfide) groups is 1. The minimum absolute atomic E-state index is 0.0341. The molecule has 2 nitrogen and oxygen atoms in total. The lowest BCUT2D eigenvalue weighted by Gasteiger charge is -2.18. The Hall–Kier alpha value is -2.52. The maximum Gasteiger partial charge on any atom is 0.225 e. The van der Waals surface area contributed by atoms with Gasteiger partial charge in [-0.1, -0.05) is 79.7 Å². The van der Waals surface area contributed by atoms with Crippen molar-refractivity contribution in [3.63, 3.8) is 0 Å². The van der Waals surface area contributed by atoms with Crippen molar-refractivity contribution < 1.29 is 4.79 Å². The lowest BCUT2D eigenvalue weighted by Crippen LogP contribution is -2.17. The van der Waals surface area contributed by atoms with Crippen molar-refractivity contribution in [2.75, 3.05) is 11.1 Å². The van der Waals surface area contributed by atoms with Crippen LogP contribution in [-0.4, -0.2) is 11.7 Å². The largest absolute Gasteiger partial charge is 0.325 e. The van der Waals surface area contributed by atoms with Gasteiger partial charge in [0.05, 0.1) is 5.69 Å². The van der Waals surface area contributed by atoms with E-state index in [0.29, 0.717) is 6.42 Å².